The summed E-state index contributed by atoms with van der Waals surface area (Å²) in [6, 6.07) is 8.71. The van der Waals surface area contributed by atoms with Gasteiger partial charge in [0.25, 0.3) is 0 Å². The van der Waals surface area contributed by atoms with Gasteiger partial charge in [0.1, 0.15) is 0 Å². The molecule has 1 heterocycles. The molecule has 1 atom stereocenters. The topological polar surface area (TPSA) is 36.4 Å². The normalized spacial score (nSPS) is 19.6. The second-order valence-electron chi connectivity index (χ2n) is 3.72. The van der Waals surface area contributed by atoms with Crippen molar-refractivity contribution >= 4 is 21.9 Å². The van der Waals surface area contributed by atoms with Crippen molar-refractivity contribution in [1.82, 2.24) is 10.6 Å². The number of nitrogens with zero attached hydrogens (tertiary/aromatic N) is 1. The van der Waals surface area contributed by atoms with E-state index in [-0.39, 0.29) is 0 Å². The number of hydrogen-bond donors (Lipinski definition) is 2. The van der Waals surface area contributed by atoms with Crippen molar-refractivity contribution in [2.45, 2.75) is 19.5 Å². The molecule has 1 aliphatic rings. The van der Waals surface area contributed by atoms with E-state index in [1.54, 1.807) is 0 Å². The highest BCUT2D eigenvalue weighted by molar-refractivity contribution is 9.10. The Labute approximate surface area is 98.1 Å². The number of halogens is 1. The Hall–Kier alpha value is -1.03. The molecule has 0 saturated carbocycles. The van der Waals surface area contributed by atoms with Crippen LogP contribution in [-0.2, 0) is 6.54 Å². The lowest BCUT2D eigenvalue weighted by molar-refractivity contribution is 0.713. The third-order valence-electron chi connectivity index (χ3n) is 2.26. The van der Waals surface area contributed by atoms with Crippen LogP contribution in [0.5, 0.6) is 0 Å². The zero-order chi connectivity index (χ0) is 10.7. The van der Waals surface area contributed by atoms with Gasteiger partial charge in [-0.15, -0.1) is 0 Å². The highest BCUT2D eigenvalue weighted by Gasteiger charge is 2.11. The summed E-state index contributed by atoms with van der Waals surface area (Å²) in [4.78, 5) is 4.34. The number of hydrogen-bond acceptors (Lipinski definition) is 3. The first-order valence-electron chi connectivity index (χ1n) is 5.03. The van der Waals surface area contributed by atoms with Crippen LogP contribution in [0.1, 0.15) is 12.5 Å². The van der Waals surface area contributed by atoms with Gasteiger partial charge < -0.3 is 10.6 Å². The van der Waals surface area contributed by atoms with Gasteiger partial charge in [0, 0.05) is 17.1 Å². The van der Waals surface area contributed by atoms with Gasteiger partial charge in [0.15, 0.2) is 5.96 Å². The molecule has 0 amide bonds. The van der Waals surface area contributed by atoms with E-state index < -0.39 is 0 Å². The smallest absolute Gasteiger partial charge is 0.191 e. The van der Waals surface area contributed by atoms with Crippen LogP contribution in [0.3, 0.4) is 0 Å². The van der Waals surface area contributed by atoms with Crippen LogP contribution in [0.25, 0.3) is 0 Å². The second kappa shape index (κ2) is 4.66. The third-order valence-corrected chi connectivity index (χ3v) is 2.75. The summed E-state index contributed by atoms with van der Waals surface area (Å²) in [5, 5.41) is 6.54. The molecule has 1 unspecified atom stereocenters. The lowest BCUT2D eigenvalue weighted by Crippen LogP contribution is -2.37. The number of rotatable bonds is 2. The predicted molar refractivity (Wildman–Crippen MR) is 65.9 cm³/mol. The SMILES string of the molecule is CC1CN=C(NCc2cccc(Br)c2)N1. The van der Waals surface area contributed by atoms with E-state index in [0.29, 0.717) is 6.04 Å². The van der Waals surface area contributed by atoms with Gasteiger partial charge in [-0.25, -0.2) is 0 Å². The highest BCUT2D eigenvalue weighted by Crippen LogP contribution is 2.11. The molecule has 0 aliphatic carbocycles. The monoisotopic (exact) mass is 267 g/mol. The molecular weight excluding hydrogens is 254 g/mol. The third kappa shape index (κ3) is 2.96. The molecule has 0 fully saturated rings. The van der Waals surface area contributed by atoms with E-state index in [1.807, 2.05) is 12.1 Å². The molecule has 80 valence electrons. The van der Waals surface area contributed by atoms with Crippen LogP contribution < -0.4 is 10.6 Å². The van der Waals surface area contributed by atoms with E-state index in [4.69, 9.17) is 0 Å². The quantitative estimate of drug-likeness (QED) is 0.859. The second-order valence-corrected chi connectivity index (χ2v) is 4.63. The zero-order valence-electron chi connectivity index (χ0n) is 8.63. The summed E-state index contributed by atoms with van der Waals surface area (Å²) in [5.41, 5.74) is 1.24. The zero-order valence-corrected chi connectivity index (χ0v) is 10.2. The van der Waals surface area contributed by atoms with E-state index in [0.717, 1.165) is 23.5 Å². The average Bonchev–Trinajstić information content (AvgIpc) is 2.62. The van der Waals surface area contributed by atoms with Crippen molar-refractivity contribution in [3.8, 4) is 0 Å². The molecule has 1 aromatic rings. The summed E-state index contributed by atoms with van der Waals surface area (Å²) in [6.07, 6.45) is 0. The predicted octanol–water partition coefficient (Wildman–Crippen LogP) is 1.89. The molecule has 0 radical (unpaired) electrons. The van der Waals surface area contributed by atoms with E-state index in [2.05, 4.69) is 50.6 Å². The van der Waals surface area contributed by atoms with Gasteiger partial charge >= 0.3 is 0 Å². The van der Waals surface area contributed by atoms with Crippen LogP contribution in [0.15, 0.2) is 33.7 Å². The van der Waals surface area contributed by atoms with Crippen molar-refractivity contribution in [3.63, 3.8) is 0 Å². The minimum absolute atomic E-state index is 0.454. The van der Waals surface area contributed by atoms with Crippen molar-refractivity contribution in [2.24, 2.45) is 4.99 Å². The molecule has 0 spiro atoms. The molecule has 4 heteroatoms. The minimum Gasteiger partial charge on any atom is -0.352 e. The molecular formula is C11H14BrN3. The fourth-order valence-electron chi connectivity index (χ4n) is 1.49. The maximum absolute atomic E-state index is 4.34. The molecule has 0 saturated heterocycles. The molecule has 2 rings (SSSR count). The van der Waals surface area contributed by atoms with Crippen molar-refractivity contribution in [1.29, 1.82) is 0 Å². The molecule has 3 nitrogen and oxygen atoms in total. The first kappa shape index (κ1) is 10.5. The summed E-state index contributed by atoms with van der Waals surface area (Å²) in [7, 11) is 0. The van der Waals surface area contributed by atoms with Crippen molar-refractivity contribution in [2.75, 3.05) is 6.54 Å². The molecule has 1 aromatic carbocycles. The van der Waals surface area contributed by atoms with Gasteiger partial charge in [-0.2, -0.15) is 0 Å². The molecule has 1 aliphatic heterocycles. The minimum atomic E-state index is 0.454. The Morgan fingerprint density at radius 2 is 2.47 bits per heavy atom. The fraction of sp³-hybridized carbons (Fsp3) is 0.364. The number of benzene rings is 1. The van der Waals surface area contributed by atoms with Crippen LogP contribution in [0.2, 0.25) is 0 Å². The van der Waals surface area contributed by atoms with Gasteiger partial charge in [0.05, 0.1) is 6.54 Å². The van der Waals surface area contributed by atoms with Crippen LogP contribution >= 0.6 is 15.9 Å². The highest BCUT2D eigenvalue weighted by atomic mass is 79.9. The Balaban J connectivity index is 1.88. The van der Waals surface area contributed by atoms with Gasteiger partial charge in [0.2, 0.25) is 0 Å². The Morgan fingerprint density at radius 1 is 1.60 bits per heavy atom. The first-order valence-corrected chi connectivity index (χ1v) is 5.82. The first-order chi connectivity index (χ1) is 7.24. The van der Waals surface area contributed by atoms with Gasteiger partial charge in [-0.1, -0.05) is 28.1 Å². The number of guanidine groups is 1. The molecule has 2 N–H and O–H groups in total. The number of aliphatic imine (C=N–C) groups is 1. The van der Waals surface area contributed by atoms with Crippen molar-refractivity contribution in [3.05, 3.63) is 34.3 Å². The maximum atomic E-state index is 4.34. The summed E-state index contributed by atoms with van der Waals surface area (Å²) >= 11 is 3.45. The number of nitrogens with one attached hydrogen (secondary N) is 2. The van der Waals surface area contributed by atoms with Crippen LogP contribution in [-0.4, -0.2) is 18.5 Å². The Bertz CT molecular complexity index is 376. The summed E-state index contributed by atoms with van der Waals surface area (Å²) < 4.78 is 1.11. The van der Waals surface area contributed by atoms with Gasteiger partial charge in [-0.05, 0) is 24.6 Å². The van der Waals surface area contributed by atoms with E-state index in [9.17, 15) is 0 Å². The maximum Gasteiger partial charge on any atom is 0.191 e. The Morgan fingerprint density at radius 3 is 3.13 bits per heavy atom. The molecule has 0 aromatic heterocycles. The van der Waals surface area contributed by atoms with Crippen LogP contribution in [0, 0.1) is 0 Å². The lowest BCUT2D eigenvalue weighted by atomic mass is 10.2. The lowest BCUT2D eigenvalue weighted by Gasteiger charge is -2.08. The van der Waals surface area contributed by atoms with Crippen molar-refractivity contribution < 1.29 is 0 Å². The van der Waals surface area contributed by atoms with Gasteiger partial charge in [-0.3, -0.25) is 4.99 Å². The summed E-state index contributed by atoms with van der Waals surface area (Å²) in [5.74, 6) is 0.905. The molecule has 0 bridgehead atoms. The Kier molecular flexibility index (Phi) is 3.26. The average molecular weight is 268 g/mol. The fourth-order valence-corrected chi connectivity index (χ4v) is 1.94. The standard InChI is InChI=1S/C11H14BrN3/c1-8-6-13-11(15-8)14-7-9-3-2-4-10(12)5-9/h2-5,8H,6-7H2,1H3,(H2,13,14,15). The summed E-state index contributed by atoms with van der Waals surface area (Å²) in [6.45, 7) is 3.79. The van der Waals surface area contributed by atoms with E-state index >= 15 is 0 Å². The largest absolute Gasteiger partial charge is 0.352 e. The van der Waals surface area contributed by atoms with Crippen LogP contribution in [0.4, 0.5) is 0 Å². The van der Waals surface area contributed by atoms with E-state index in [1.165, 1.54) is 5.56 Å². The molecule has 15 heavy (non-hydrogen) atoms.